The third kappa shape index (κ3) is 27.9. The molecule has 1 aromatic carbocycles. The number of ether oxygens (including phenoxy) is 4. The molecule has 1 unspecified atom stereocenters. The first-order valence-electron chi connectivity index (χ1n) is 22.2. The van der Waals surface area contributed by atoms with Crippen molar-refractivity contribution in [3.05, 3.63) is 130 Å². The number of nitrogens with two attached hydrogens (primary N) is 4. The van der Waals surface area contributed by atoms with E-state index in [9.17, 15) is 14.9 Å². The van der Waals surface area contributed by atoms with Crippen LogP contribution in [0.2, 0.25) is 5.02 Å². The summed E-state index contributed by atoms with van der Waals surface area (Å²) in [6, 6.07) is 3.85. The number of esters is 1. The summed E-state index contributed by atoms with van der Waals surface area (Å²) >= 11 is 5.53. The lowest BCUT2D eigenvalue weighted by Gasteiger charge is -2.27. The predicted octanol–water partition coefficient (Wildman–Crippen LogP) is 9.88. The second-order valence-corrected chi connectivity index (χ2v) is 15.7. The van der Waals surface area contributed by atoms with Crippen LogP contribution in [-0.2, 0) is 23.7 Å². The number of carbonyl (C=O) groups is 1. The van der Waals surface area contributed by atoms with Gasteiger partial charge in [0.2, 0.25) is 0 Å². The van der Waals surface area contributed by atoms with E-state index in [0.717, 1.165) is 42.1 Å². The van der Waals surface area contributed by atoms with E-state index in [4.69, 9.17) is 58.6 Å². The van der Waals surface area contributed by atoms with Crippen LogP contribution in [0.5, 0.6) is 0 Å². The minimum atomic E-state index is -0.522. The normalized spacial score (nSPS) is 16.0. The molecule has 2 aliphatic carbocycles. The minimum Gasteiger partial charge on any atom is -0.496 e. The van der Waals surface area contributed by atoms with E-state index in [1.807, 2.05) is 76.0 Å². The summed E-state index contributed by atoms with van der Waals surface area (Å²) in [6.45, 7) is 19.8. The summed E-state index contributed by atoms with van der Waals surface area (Å²) in [5.41, 5.74) is 25.7. The molecule has 3 rings (SSSR count). The highest BCUT2D eigenvalue weighted by Crippen LogP contribution is 2.27. The highest BCUT2D eigenvalue weighted by Gasteiger charge is 2.17. The van der Waals surface area contributed by atoms with Crippen LogP contribution in [0.15, 0.2) is 115 Å². The highest BCUT2D eigenvalue weighted by atomic mass is 35.5. The van der Waals surface area contributed by atoms with Gasteiger partial charge in [-0.25, -0.2) is 4.79 Å². The number of aliphatic hydroxyl groups is 1. The van der Waals surface area contributed by atoms with Crippen molar-refractivity contribution in [2.75, 3.05) is 52.0 Å². The van der Waals surface area contributed by atoms with Crippen molar-refractivity contribution in [2.24, 2.45) is 29.0 Å². The lowest BCUT2D eigenvalue weighted by Crippen LogP contribution is -2.38. The highest BCUT2D eigenvalue weighted by molar-refractivity contribution is 6.33. The van der Waals surface area contributed by atoms with E-state index in [1.54, 1.807) is 12.3 Å². The van der Waals surface area contributed by atoms with Gasteiger partial charge >= 0.3 is 5.97 Å². The number of aliphatic hydroxyl groups excluding tert-OH is 1. The Hall–Kier alpha value is -5.02. The summed E-state index contributed by atoms with van der Waals surface area (Å²) in [5, 5.41) is 19.1. The van der Waals surface area contributed by atoms with Crippen molar-refractivity contribution in [1.29, 1.82) is 0 Å². The molecular formula is C49H79ClN6O8. The van der Waals surface area contributed by atoms with Gasteiger partial charge in [0.15, 0.2) is 0 Å². The molecule has 14 nitrogen and oxygen atoms in total. The average molecular weight is 916 g/mol. The molecule has 0 bridgehead atoms. The number of nitro groups is 1. The van der Waals surface area contributed by atoms with E-state index < -0.39 is 10.9 Å². The molecule has 0 aromatic heterocycles. The Morgan fingerprint density at radius 1 is 0.953 bits per heavy atom. The van der Waals surface area contributed by atoms with E-state index in [1.165, 1.54) is 82.4 Å². The molecule has 0 amide bonds. The van der Waals surface area contributed by atoms with Crippen molar-refractivity contribution >= 4 is 28.9 Å². The molecule has 0 aliphatic heterocycles. The van der Waals surface area contributed by atoms with Crippen LogP contribution < -0.4 is 22.9 Å². The molecule has 15 heteroatoms. The number of non-ortho nitro benzene ring substituents is 1. The van der Waals surface area contributed by atoms with Gasteiger partial charge in [-0.3, -0.25) is 15.0 Å². The van der Waals surface area contributed by atoms with Gasteiger partial charge in [-0.2, -0.15) is 0 Å². The molecule has 0 spiro atoms. The Morgan fingerprint density at radius 3 is 2.00 bits per heavy atom. The maximum absolute atomic E-state index is 11.1. The van der Waals surface area contributed by atoms with Gasteiger partial charge < -0.3 is 47.0 Å². The lowest BCUT2D eigenvalue weighted by molar-refractivity contribution is -0.384. The minimum absolute atomic E-state index is 0.0517. The summed E-state index contributed by atoms with van der Waals surface area (Å²) in [6.07, 6.45) is 30.0. The van der Waals surface area contributed by atoms with Crippen LogP contribution in [0, 0.1) is 22.0 Å². The fraction of sp³-hybridized carbons (Fsp3) is 0.531. The zero-order valence-corrected chi connectivity index (χ0v) is 39.9. The number of nitro benzene ring substituents is 1. The average Bonchev–Trinajstić information content (AvgIpc) is 3.31. The van der Waals surface area contributed by atoms with Gasteiger partial charge in [0.25, 0.3) is 5.69 Å². The summed E-state index contributed by atoms with van der Waals surface area (Å²) < 4.78 is 21.9. The molecule has 9 N–H and O–H groups in total. The Morgan fingerprint density at radius 2 is 1.53 bits per heavy atom. The fourth-order valence-corrected chi connectivity index (χ4v) is 6.47. The number of anilines is 1. The Kier molecular flexibility index (Phi) is 34.4. The van der Waals surface area contributed by atoms with Crippen LogP contribution in [-0.4, -0.2) is 73.3 Å². The quantitative estimate of drug-likeness (QED) is 0.00699. The van der Waals surface area contributed by atoms with Crippen molar-refractivity contribution in [1.82, 2.24) is 4.90 Å². The standard InChI is InChI=1S/C22H38N2O2.C17H28N2O4.C6H5ClN2O2.C4H8/c1-2-22(26-17-19-11-7-4-8-12-19)21(24)14-13-20(15-23)25-16-18-9-5-3-6-10-18;1-5-16(8-7-14(3)15(4)18)19(9-11-22-13-20)10-12-23-17(21)6-2;7-5-3-4(9(10)11)1-2-6(5)8;1-3-4-2/h2,14-15,18-19H,3-13,16-17,23-24H2,1H3;5-8,16,20H,1-2,9-13,18H2,3-4H3;1-3H,8H2;3-4H,1-2H3/b20-15-,21-14?,22-2+;8-7?,15-14+;;4-3-. The molecule has 0 heterocycles. The number of carbonyl (C=O) groups excluding carboxylic acids is 1. The molecule has 1 aromatic rings. The van der Waals surface area contributed by atoms with Crippen molar-refractivity contribution in [3.63, 3.8) is 0 Å². The van der Waals surface area contributed by atoms with Crippen LogP contribution in [0.1, 0.15) is 105 Å². The van der Waals surface area contributed by atoms with Gasteiger partial charge in [-0.05, 0) is 89.9 Å². The zero-order valence-electron chi connectivity index (χ0n) is 39.2. The monoisotopic (exact) mass is 915 g/mol. The number of benzene rings is 1. The topological polar surface area (TPSA) is 225 Å². The molecule has 360 valence electrons. The van der Waals surface area contributed by atoms with E-state index in [-0.39, 0.29) is 30.2 Å². The second-order valence-electron chi connectivity index (χ2n) is 15.3. The molecular weight excluding hydrogens is 836 g/mol. The molecule has 2 aliphatic rings. The fourth-order valence-electron chi connectivity index (χ4n) is 6.29. The van der Waals surface area contributed by atoms with Crippen LogP contribution in [0.4, 0.5) is 11.4 Å². The molecule has 2 saturated carbocycles. The van der Waals surface area contributed by atoms with Gasteiger partial charge in [0, 0.05) is 55.7 Å². The number of hydrogen-bond acceptors (Lipinski definition) is 13. The maximum atomic E-state index is 11.1. The van der Waals surface area contributed by atoms with Gasteiger partial charge in [-0.15, -0.1) is 6.58 Å². The SMILES string of the molecule is C/C=C(/OCC1CCCCC1)C(N)=CC/C(=C/N)OCC1CCCCC1.C/C=C\C.C=CC(=O)OCCN(CCOCO)C(C=C)C=C/C(C)=C(\C)N.Nc1ccc([N+](=O)[O-])cc1Cl. The maximum Gasteiger partial charge on any atom is 0.330 e. The molecule has 64 heavy (non-hydrogen) atoms. The summed E-state index contributed by atoms with van der Waals surface area (Å²) in [5.74, 6) is 2.45. The van der Waals surface area contributed by atoms with Crippen LogP contribution in [0.25, 0.3) is 0 Å². The molecule has 0 radical (unpaired) electrons. The third-order valence-electron chi connectivity index (χ3n) is 10.4. The molecule has 2 fully saturated rings. The van der Waals surface area contributed by atoms with Crippen LogP contribution in [0.3, 0.4) is 0 Å². The Labute approximate surface area is 388 Å². The van der Waals surface area contributed by atoms with E-state index >= 15 is 0 Å². The van der Waals surface area contributed by atoms with Crippen molar-refractivity contribution in [2.45, 2.75) is 111 Å². The number of allylic oxidation sites excluding steroid dienone is 7. The number of nitrogens with zero attached hydrogens (tertiary/aromatic N) is 2. The second kappa shape index (κ2) is 37.4. The van der Waals surface area contributed by atoms with Crippen LogP contribution >= 0.6 is 11.6 Å². The summed E-state index contributed by atoms with van der Waals surface area (Å²) in [4.78, 5) is 22.8. The van der Waals surface area contributed by atoms with E-state index in [2.05, 4.69) is 13.2 Å². The first kappa shape index (κ1) is 59.0. The summed E-state index contributed by atoms with van der Waals surface area (Å²) in [7, 11) is 0. The number of halogens is 1. The van der Waals surface area contributed by atoms with Gasteiger partial charge in [0.1, 0.15) is 24.9 Å². The van der Waals surface area contributed by atoms with Crippen molar-refractivity contribution < 1.29 is 33.8 Å². The van der Waals surface area contributed by atoms with Gasteiger partial charge in [0.05, 0.1) is 41.2 Å². The van der Waals surface area contributed by atoms with Crippen molar-refractivity contribution in [3.8, 4) is 0 Å². The third-order valence-corrected chi connectivity index (χ3v) is 10.8. The Bertz CT molecular complexity index is 1670. The van der Waals surface area contributed by atoms with E-state index in [0.29, 0.717) is 49.3 Å². The smallest absolute Gasteiger partial charge is 0.330 e. The lowest BCUT2D eigenvalue weighted by atomic mass is 9.90. The Balaban J connectivity index is 0.000000948. The largest absolute Gasteiger partial charge is 0.496 e. The van der Waals surface area contributed by atoms with Gasteiger partial charge in [-0.1, -0.05) is 93.2 Å². The number of hydrogen-bond donors (Lipinski definition) is 5. The zero-order chi connectivity index (χ0) is 48.1. The first-order chi connectivity index (χ1) is 30.7. The number of nitrogen functional groups attached to an aromatic ring is 1. The predicted molar refractivity (Wildman–Crippen MR) is 262 cm³/mol. The first-order valence-corrected chi connectivity index (χ1v) is 22.6. The molecule has 0 saturated heterocycles. The molecule has 1 atom stereocenters. The number of rotatable bonds is 22.